The smallest absolute Gasteiger partial charge is 0.413 e. The van der Waals surface area contributed by atoms with Gasteiger partial charge >= 0.3 is 18.2 Å². The number of aliphatic carboxylic acids is 1. The Kier molecular flexibility index (Phi) is 12.5. The molecule has 3 heterocycles. The van der Waals surface area contributed by atoms with Crippen molar-refractivity contribution in [1.29, 1.82) is 0 Å². The molecule has 3 aliphatic carbocycles. The maximum absolute atomic E-state index is 14.7. The van der Waals surface area contributed by atoms with Gasteiger partial charge in [0.1, 0.15) is 53.1 Å². The second-order valence-corrected chi connectivity index (χ2v) is 18.1. The molecule has 0 bridgehead atoms. The quantitative estimate of drug-likeness (QED) is 0.131. The number of carbonyl (C=O) groups is 5. The molecule has 1 aromatic carbocycles. The first-order valence-electron chi connectivity index (χ1n) is 20.7. The molecule has 1 saturated heterocycles. The van der Waals surface area contributed by atoms with Gasteiger partial charge in [-0.15, -0.1) is 17.9 Å². The lowest BCUT2D eigenvalue weighted by atomic mass is 9.85. The molecule has 0 radical (unpaired) electrons. The van der Waals surface area contributed by atoms with E-state index in [0.717, 1.165) is 57.8 Å². The summed E-state index contributed by atoms with van der Waals surface area (Å²) in [5.41, 5.74) is -0.932. The van der Waals surface area contributed by atoms with Gasteiger partial charge in [-0.05, 0) is 75.3 Å². The number of aromatic nitrogens is 2. The van der Waals surface area contributed by atoms with E-state index in [9.17, 15) is 29.1 Å². The molecule has 2 aromatic heterocycles. The van der Waals surface area contributed by atoms with E-state index in [4.69, 9.17) is 23.9 Å². The SMILES string of the molecule is C=C[C@@H]1C[C@]1(NC(=O)[C@@H]1CC(Oc2cc(-c3csc(NC(=O)OC4CCCC4)n3)nc3cc(OC)ccc23)CN1C(=O)[C@@H](NC(=O)OC1CCCCC1)C(C)(C)C)C(=O)O. The Balaban J connectivity index is 1.17. The molecule has 5 atom stereocenters. The van der Waals surface area contributed by atoms with E-state index < -0.39 is 65.0 Å². The molecule has 4 N–H and O–H groups in total. The van der Waals surface area contributed by atoms with Crippen LogP contribution in [0.15, 0.2) is 42.3 Å². The summed E-state index contributed by atoms with van der Waals surface area (Å²) in [6.45, 7) is 9.10. The number of carboxylic acid groups (broad SMARTS) is 1. The highest BCUT2D eigenvalue weighted by molar-refractivity contribution is 7.14. The molecule has 7 rings (SSSR count). The minimum atomic E-state index is -1.54. The lowest BCUT2D eigenvalue weighted by molar-refractivity contribution is -0.146. The van der Waals surface area contributed by atoms with Crippen LogP contribution in [-0.4, -0.2) is 99.5 Å². The third-order valence-corrected chi connectivity index (χ3v) is 12.7. The molecule has 4 fully saturated rings. The maximum atomic E-state index is 14.7. The molecule has 4 aliphatic rings. The number of hydrogen-bond acceptors (Lipinski definition) is 12. The van der Waals surface area contributed by atoms with Gasteiger partial charge in [-0.3, -0.25) is 14.9 Å². The standard InChI is InChI=1S/C43H54N6O10S/c1-6-24-21-43(24,38(52)53)48-36(50)33-19-28(22-49(33)37(51)35(42(2,3)4)46-40(54)58-25-12-8-7-9-13-25)57-34-20-31(44-30-18-27(56-5)16-17-29(30)34)32-23-60-39(45-32)47-41(55)59-26-14-10-11-15-26/h6,16-18,20,23-26,28,33,35H,1,7-15,19,21-22H2,2-5H3,(H,46,54)(H,48,50)(H,52,53)(H,45,47,55)/t24-,28?,33+,35-,43-/m1/s1. The molecular formula is C43H54N6O10S. The van der Waals surface area contributed by atoms with Crippen LogP contribution in [0.25, 0.3) is 22.3 Å². The van der Waals surface area contributed by atoms with Crippen LogP contribution in [0, 0.1) is 11.3 Å². The molecule has 3 aromatic rings. The van der Waals surface area contributed by atoms with Gasteiger partial charge in [-0.1, -0.05) is 33.3 Å². The first-order valence-corrected chi connectivity index (χ1v) is 21.6. The first kappa shape index (κ1) is 42.7. The molecule has 16 nitrogen and oxygen atoms in total. The fourth-order valence-electron chi connectivity index (χ4n) is 8.43. The summed E-state index contributed by atoms with van der Waals surface area (Å²) in [6, 6.07) is 4.78. The van der Waals surface area contributed by atoms with Crippen LogP contribution < -0.4 is 25.4 Å². The number of nitrogens with zero attached hydrogens (tertiary/aromatic N) is 3. The highest BCUT2D eigenvalue weighted by atomic mass is 32.1. The highest BCUT2D eigenvalue weighted by Crippen LogP contribution is 2.45. The first-order chi connectivity index (χ1) is 28.7. The van der Waals surface area contributed by atoms with Gasteiger partial charge in [-0.2, -0.15) is 0 Å². The summed E-state index contributed by atoms with van der Waals surface area (Å²) in [5.74, 6) is -1.92. The van der Waals surface area contributed by atoms with Crippen LogP contribution in [-0.2, 0) is 23.9 Å². The second-order valence-electron chi connectivity index (χ2n) is 17.3. The zero-order valence-corrected chi connectivity index (χ0v) is 35.3. The van der Waals surface area contributed by atoms with Gasteiger partial charge in [0.2, 0.25) is 11.8 Å². The van der Waals surface area contributed by atoms with Crippen molar-refractivity contribution in [2.75, 3.05) is 19.0 Å². The fraction of sp³-hybridized carbons (Fsp3) is 0.558. The van der Waals surface area contributed by atoms with Gasteiger partial charge in [0.15, 0.2) is 5.13 Å². The molecule has 3 saturated carbocycles. The summed E-state index contributed by atoms with van der Waals surface area (Å²) in [7, 11) is 1.55. The van der Waals surface area contributed by atoms with E-state index in [0.29, 0.717) is 38.9 Å². The average Bonchev–Trinajstić information content (AvgIpc) is 3.62. The van der Waals surface area contributed by atoms with Crippen molar-refractivity contribution in [3.05, 3.63) is 42.3 Å². The lowest BCUT2D eigenvalue weighted by Crippen LogP contribution is -2.59. The minimum Gasteiger partial charge on any atom is -0.497 e. The molecule has 322 valence electrons. The van der Waals surface area contributed by atoms with E-state index in [1.807, 2.05) is 20.8 Å². The molecule has 60 heavy (non-hydrogen) atoms. The van der Waals surface area contributed by atoms with Crippen molar-refractivity contribution in [3.63, 3.8) is 0 Å². The number of methoxy groups -OCH3 is 1. The number of nitrogens with one attached hydrogen (secondary N) is 3. The number of alkyl carbamates (subject to hydrolysis) is 1. The van der Waals surface area contributed by atoms with Gasteiger partial charge in [0, 0.05) is 35.2 Å². The predicted molar refractivity (Wildman–Crippen MR) is 223 cm³/mol. The largest absolute Gasteiger partial charge is 0.497 e. The summed E-state index contributed by atoms with van der Waals surface area (Å²) >= 11 is 1.22. The fourth-order valence-corrected chi connectivity index (χ4v) is 9.12. The van der Waals surface area contributed by atoms with Gasteiger partial charge in [0.05, 0.1) is 24.9 Å². The van der Waals surface area contributed by atoms with Crippen molar-refractivity contribution >= 4 is 57.3 Å². The number of rotatable bonds is 13. The number of ether oxygens (including phenoxy) is 4. The van der Waals surface area contributed by atoms with Gasteiger partial charge in [-0.25, -0.2) is 24.4 Å². The van der Waals surface area contributed by atoms with E-state index in [1.165, 1.54) is 22.3 Å². The molecular weight excluding hydrogens is 793 g/mol. The summed E-state index contributed by atoms with van der Waals surface area (Å²) in [5, 5.41) is 21.1. The Bertz CT molecular complexity index is 2130. The number of carbonyl (C=O) groups excluding carboxylic acids is 4. The monoisotopic (exact) mass is 846 g/mol. The molecule has 0 spiro atoms. The Hall–Kier alpha value is -5.45. The minimum absolute atomic E-state index is 0.0125. The number of anilines is 1. The molecule has 1 aliphatic heterocycles. The lowest BCUT2D eigenvalue weighted by Gasteiger charge is -2.35. The zero-order valence-electron chi connectivity index (χ0n) is 34.5. The number of fused-ring (bicyclic) bond motifs is 1. The number of amides is 4. The molecule has 1 unspecified atom stereocenters. The summed E-state index contributed by atoms with van der Waals surface area (Å²) in [6.07, 6.45) is 7.51. The van der Waals surface area contributed by atoms with Crippen molar-refractivity contribution in [2.24, 2.45) is 11.3 Å². The van der Waals surface area contributed by atoms with E-state index in [-0.39, 0.29) is 31.6 Å². The van der Waals surface area contributed by atoms with E-state index >= 15 is 0 Å². The number of pyridine rings is 1. The van der Waals surface area contributed by atoms with Crippen LogP contribution in [0.5, 0.6) is 11.5 Å². The van der Waals surface area contributed by atoms with E-state index in [1.54, 1.807) is 36.8 Å². The van der Waals surface area contributed by atoms with Crippen LogP contribution in [0.2, 0.25) is 0 Å². The third-order valence-electron chi connectivity index (χ3n) is 11.9. The van der Waals surface area contributed by atoms with Crippen molar-refractivity contribution in [1.82, 2.24) is 25.5 Å². The summed E-state index contributed by atoms with van der Waals surface area (Å²) < 4.78 is 23.5. The normalized spacial score (nSPS) is 23.7. The third kappa shape index (κ3) is 9.45. The Morgan fingerprint density at radius 2 is 1.63 bits per heavy atom. The Morgan fingerprint density at radius 1 is 0.950 bits per heavy atom. The topological polar surface area (TPSA) is 208 Å². The molecule has 17 heteroatoms. The van der Waals surface area contributed by atoms with Gasteiger partial charge < -0.3 is 39.6 Å². The molecule has 4 amide bonds. The van der Waals surface area contributed by atoms with Crippen molar-refractivity contribution < 1.29 is 48.0 Å². The second kappa shape index (κ2) is 17.6. The highest BCUT2D eigenvalue weighted by Gasteiger charge is 2.61. The average molecular weight is 847 g/mol. The number of thiazole rings is 1. The summed E-state index contributed by atoms with van der Waals surface area (Å²) in [4.78, 5) is 78.0. The number of carboxylic acids is 1. The van der Waals surface area contributed by atoms with Crippen LogP contribution in [0.3, 0.4) is 0 Å². The maximum Gasteiger partial charge on any atom is 0.413 e. The van der Waals surface area contributed by atoms with Crippen molar-refractivity contribution in [2.45, 2.75) is 127 Å². The Labute approximate surface area is 352 Å². The van der Waals surface area contributed by atoms with Gasteiger partial charge in [0.25, 0.3) is 0 Å². The van der Waals surface area contributed by atoms with Crippen LogP contribution in [0.1, 0.15) is 91.4 Å². The Morgan fingerprint density at radius 3 is 2.27 bits per heavy atom. The van der Waals surface area contributed by atoms with Crippen LogP contribution >= 0.6 is 11.3 Å². The number of likely N-dealkylation sites (tertiary alicyclic amines) is 1. The van der Waals surface area contributed by atoms with Crippen LogP contribution in [0.4, 0.5) is 14.7 Å². The number of benzene rings is 1. The van der Waals surface area contributed by atoms with Crippen molar-refractivity contribution in [3.8, 4) is 22.9 Å². The number of hydrogen-bond donors (Lipinski definition) is 4. The van der Waals surface area contributed by atoms with E-state index in [2.05, 4.69) is 27.5 Å². The zero-order chi connectivity index (χ0) is 42.8. The predicted octanol–water partition coefficient (Wildman–Crippen LogP) is 6.83.